The Bertz CT molecular complexity index is 837. The fourth-order valence-electron chi connectivity index (χ4n) is 8.57. The van der Waals surface area contributed by atoms with Crippen molar-refractivity contribution < 1.29 is 19.2 Å². The van der Waals surface area contributed by atoms with Gasteiger partial charge in [-0.25, -0.2) is 0 Å². The summed E-state index contributed by atoms with van der Waals surface area (Å²) in [6.07, 6.45) is 14.7. The highest BCUT2D eigenvalue weighted by Crippen LogP contribution is 2.64. The summed E-state index contributed by atoms with van der Waals surface area (Å²) in [4.78, 5) is 15.0. The van der Waals surface area contributed by atoms with Crippen LogP contribution in [-0.4, -0.2) is 42.7 Å². The van der Waals surface area contributed by atoms with E-state index in [4.69, 9.17) is 19.2 Å². The lowest BCUT2D eigenvalue weighted by atomic mass is 9.53. The summed E-state index contributed by atoms with van der Waals surface area (Å²) in [5.41, 5.74) is 1.38. The van der Waals surface area contributed by atoms with Crippen LogP contribution in [0.3, 0.4) is 0 Å². The Hall–Kier alpha value is -1.14. The van der Waals surface area contributed by atoms with Gasteiger partial charge in [0.05, 0.1) is 0 Å². The average Bonchev–Trinajstić information content (AvgIpc) is 3.22. The first-order valence-electron chi connectivity index (χ1n) is 14.2. The Balaban J connectivity index is 0.981. The van der Waals surface area contributed by atoms with Crippen LogP contribution in [0, 0.1) is 23.7 Å². The molecule has 5 aliphatic carbocycles. The van der Waals surface area contributed by atoms with Crippen molar-refractivity contribution in [3.8, 4) is 5.75 Å². The van der Waals surface area contributed by atoms with Crippen molar-refractivity contribution in [2.75, 3.05) is 26.2 Å². The van der Waals surface area contributed by atoms with Crippen molar-refractivity contribution in [2.45, 2.75) is 94.5 Å². The molecule has 34 heavy (non-hydrogen) atoms. The molecule has 2 atom stereocenters. The number of hydrogen-bond acceptors (Lipinski definition) is 5. The van der Waals surface area contributed by atoms with E-state index in [-0.39, 0.29) is 0 Å². The fourth-order valence-corrected chi connectivity index (χ4v) is 8.57. The summed E-state index contributed by atoms with van der Waals surface area (Å²) < 4.78 is 13.0. The molecule has 5 nitrogen and oxygen atoms in total. The van der Waals surface area contributed by atoms with Crippen molar-refractivity contribution >= 4 is 0 Å². The molecule has 4 bridgehead atoms. The summed E-state index contributed by atoms with van der Waals surface area (Å²) in [5, 5.41) is 0. The highest BCUT2D eigenvalue weighted by atomic mass is 17.3. The van der Waals surface area contributed by atoms with Gasteiger partial charge < -0.3 is 9.47 Å². The second kappa shape index (κ2) is 8.76. The molecule has 5 saturated carbocycles. The number of ether oxygens (including phenoxy) is 2. The van der Waals surface area contributed by atoms with Crippen LogP contribution < -0.4 is 4.74 Å². The summed E-state index contributed by atoms with van der Waals surface area (Å²) in [7, 11) is 0. The molecule has 0 unspecified atom stereocenters. The number of rotatable bonds is 5. The van der Waals surface area contributed by atoms with E-state index in [2.05, 4.69) is 29.2 Å². The van der Waals surface area contributed by atoms with Crippen LogP contribution in [0.25, 0.3) is 0 Å². The normalized spacial score (nSPS) is 43.7. The third kappa shape index (κ3) is 3.91. The maximum absolute atomic E-state index is 6.97. The molecular formula is C29H41NO4. The molecule has 0 N–H and O–H groups in total. The molecule has 2 spiro atoms. The first kappa shape index (κ1) is 22.1. The highest BCUT2D eigenvalue weighted by Gasteiger charge is 2.67. The summed E-state index contributed by atoms with van der Waals surface area (Å²) in [6, 6.07) is 8.82. The quantitative estimate of drug-likeness (QED) is 0.494. The zero-order valence-electron chi connectivity index (χ0n) is 20.6. The van der Waals surface area contributed by atoms with Gasteiger partial charge in [0, 0.05) is 31.2 Å². The zero-order chi connectivity index (χ0) is 22.6. The first-order valence-corrected chi connectivity index (χ1v) is 14.2. The van der Waals surface area contributed by atoms with Crippen molar-refractivity contribution in [1.82, 2.24) is 4.90 Å². The first-order chi connectivity index (χ1) is 16.7. The molecule has 8 rings (SSSR count). The van der Waals surface area contributed by atoms with Gasteiger partial charge in [-0.1, -0.05) is 18.6 Å². The third-order valence-corrected chi connectivity index (χ3v) is 10.1. The SMILES string of the molecule is c1cc([C@@H]2CCC[C@]3(C2)OO[C@]2(O3)C3CC4CC(C3)C[C@@H]2C4)ccc1OCCN1CCCCC1. The molecule has 2 heterocycles. The van der Waals surface area contributed by atoms with E-state index >= 15 is 0 Å². The second-order valence-electron chi connectivity index (χ2n) is 12.3. The van der Waals surface area contributed by atoms with E-state index in [1.807, 2.05) is 0 Å². The van der Waals surface area contributed by atoms with Crippen LogP contribution in [0.4, 0.5) is 0 Å². The summed E-state index contributed by atoms with van der Waals surface area (Å²) in [5.74, 6) is 3.29. The average molecular weight is 468 g/mol. The Labute approximate surface area is 204 Å². The van der Waals surface area contributed by atoms with Gasteiger partial charge in [0.2, 0.25) is 11.6 Å². The molecule has 1 aromatic carbocycles. The Kier molecular flexibility index (Phi) is 5.69. The summed E-state index contributed by atoms with van der Waals surface area (Å²) >= 11 is 0. The van der Waals surface area contributed by atoms with Gasteiger partial charge in [-0.2, -0.15) is 9.78 Å². The van der Waals surface area contributed by atoms with Crippen LogP contribution in [0.5, 0.6) is 5.75 Å². The van der Waals surface area contributed by atoms with Gasteiger partial charge in [0.1, 0.15) is 12.4 Å². The molecule has 0 aromatic heterocycles. The van der Waals surface area contributed by atoms with E-state index in [1.165, 1.54) is 76.4 Å². The standard InChI is InChI=1S/C29H41NO4/c1-2-11-30(12-3-1)13-14-31-27-8-6-23(7-9-27)24-5-4-10-28(20-24)32-29(34-33-28)25-16-21-15-22(18-25)19-26(29)17-21/h6-9,21-22,24-26H,1-5,10-20H2/t21?,22?,24-,25-,26?,28-,29+/m1/s1. The Morgan fingerprint density at radius 3 is 2.32 bits per heavy atom. The lowest BCUT2D eigenvalue weighted by Crippen LogP contribution is -2.59. The molecule has 0 amide bonds. The maximum Gasteiger partial charge on any atom is 0.210 e. The van der Waals surface area contributed by atoms with E-state index in [0.717, 1.165) is 50.0 Å². The van der Waals surface area contributed by atoms with E-state index in [0.29, 0.717) is 17.8 Å². The topological polar surface area (TPSA) is 40.2 Å². The number of hydrogen-bond donors (Lipinski definition) is 0. The molecule has 5 heteroatoms. The van der Waals surface area contributed by atoms with Crippen molar-refractivity contribution in [2.24, 2.45) is 23.7 Å². The molecule has 7 aliphatic rings. The highest BCUT2D eigenvalue weighted by molar-refractivity contribution is 5.30. The predicted molar refractivity (Wildman–Crippen MR) is 129 cm³/mol. The third-order valence-electron chi connectivity index (χ3n) is 10.1. The van der Waals surface area contributed by atoms with Crippen LogP contribution in [-0.2, 0) is 14.5 Å². The monoisotopic (exact) mass is 467 g/mol. The van der Waals surface area contributed by atoms with Crippen LogP contribution in [0.15, 0.2) is 24.3 Å². The molecule has 186 valence electrons. The number of piperidine rings is 1. The van der Waals surface area contributed by atoms with Gasteiger partial charge in [-0.3, -0.25) is 4.90 Å². The lowest BCUT2D eigenvalue weighted by molar-refractivity contribution is -0.390. The van der Waals surface area contributed by atoms with Crippen molar-refractivity contribution in [1.29, 1.82) is 0 Å². The van der Waals surface area contributed by atoms with E-state index in [1.54, 1.807) is 0 Å². The molecular weight excluding hydrogens is 426 g/mol. The van der Waals surface area contributed by atoms with Crippen molar-refractivity contribution in [3.05, 3.63) is 29.8 Å². The predicted octanol–water partition coefficient (Wildman–Crippen LogP) is 6.04. The minimum Gasteiger partial charge on any atom is -0.492 e. The second-order valence-corrected chi connectivity index (χ2v) is 12.3. The fraction of sp³-hybridized carbons (Fsp3) is 0.793. The van der Waals surface area contributed by atoms with Gasteiger partial charge in [-0.05, 0) is 106 Å². The summed E-state index contributed by atoms with van der Waals surface area (Å²) in [6.45, 7) is 4.26. The van der Waals surface area contributed by atoms with Crippen LogP contribution in [0.2, 0.25) is 0 Å². The number of likely N-dealkylation sites (tertiary alicyclic amines) is 1. The molecule has 2 aliphatic heterocycles. The van der Waals surface area contributed by atoms with Gasteiger partial charge >= 0.3 is 0 Å². The zero-order valence-corrected chi connectivity index (χ0v) is 20.6. The van der Waals surface area contributed by atoms with Gasteiger partial charge in [0.15, 0.2) is 0 Å². The van der Waals surface area contributed by atoms with Gasteiger partial charge in [0.25, 0.3) is 0 Å². The minimum atomic E-state index is -0.554. The Morgan fingerprint density at radius 1 is 0.853 bits per heavy atom. The molecule has 0 radical (unpaired) electrons. The van der Waals surface area contributed by atoms with E-state index < -0.39 is 11.6 Å². The van der Waals surface area contributed by atoms with Crippen LogP contribution >= 0.6 is 0 Å². The molecule has 2 saturated heterocycles. The molecule has 7 fully saturated rings. The van der Waals surface area contributed by atoms with Gasteiger partial charge in [-0.15, -0.1) is 0 Å². The largest absolute Gasteiger partial charge is 0.492 e. The van der Waals surface area contributed by atoms with Crippen LogP contribution in [0.1, 0.15) is 88.5 Å². The minimum absolute atomic E-state index is 0.451. The lowest BCUT2D eigenvalue weighted by Gasteiger charge is -2.57. The van der Waals surface area contributed by atoms with E-state index in [9.17, 15) is 0 Å². The number of nitrogens with zero attached hydrogens (tertiary/aromatic N) is 1. The molecule has 1 aromatic rings. The maximum atomic E-state index is 6.97. The number of benzene rings is 1. The Morgan fingerprint density at radius 2 is 1.59 bits per heavy atom. The van der Waals surface area contributed by atoms with Crippen molar-refractivity contribution in [3.63, 3.8) is 0 Å². The smallest absolute Gasteiger partial charge is 0.210 e.